The maximum absolute atomic E-state index is 9.72. The van der Waals surface area contributed by atoms with Crippen LogP contribution in [0.3, 0.4) is 0 Å². The molecule has 1 aliphatic carbocycles. The summed E-state index contributed by atoms with van der Waals surface area (Å²) in [5, 5.41) is 20.2. The molecule has 1 saturated carbocycles. The highest BCUT2D eigenvalue weighted by Gasteiger charge is 2.30. The molecule has 1 heterocycles. The van der Waals surface area contributed by atoms with Gasteiger partial charge in [0.05, 0.1) is 17.7 Å². The quantitative estimate of drug-likeness (QED) is 0.695. The fourth-order valence-corrected chi connectivity index (χ4v) is 3.77. The van der Waals surface area contributed by atoms with Crippen LogP contribution in [-0.2, 0) is 0 Å². The van der Waals surface area contributed by atoms with E-state index in [0.717, 1.165) is 51.7 Å². The van der Waals surface area contributed by atoms with Gasteiger partial charge in [0.2, 0.25) is 0 Å². The molecule has 4 heteroatoms. The maximum Gasteiger partial charge on any atom is 0.0994 e. The summed E-state index contributed by atoms with van der Waals surface area (Å²) in [6, 6.07) is 12.6. The van der Waals surface area contributed by atoms with Crippen molar-refractivity contribution >= 4 is 16.6 Å². The number of aliphatic hydroxyl groups excluding tert-OH is 1. The number of aliphatic hydroxyl groups is 1. The monoisotopic (exact) mass is 331 g/mol. The lowest BCUT2D eigenvalue weighted by Gasteiger charge is -2.33. The van der Waals surface area contributed by atoms with E-state index in [9.17, 15) is 10.4 Å². The van der Waals surface area contributed by atoms with Gasteiger partial charge in [-0.15, -0.1) is 0 Å². The van der Waals surface area contributed by atoms with Crippen molar-refractivity contribution < 1.29 is 5.11 Å². The molecule has 0 radical (unpaired) electrons. The number of aryl methyl sites for hydroxylation is 1. The number of hydrogen-bond donors (Lipinski definition) is 2. The van der Waals surface area contributed by atoms with Crippen LogP contribution in [0.5, 0.6) is 0 Å². The van der Waals surface area contributed by atoms with Crippen LogP contribution in [0.1, 0.15) is 35.6 Å². The lowest BCUT2D eigenvalue weighted by Crippen LogP contribution is -2.30. The third kappa shape index (κ3) is 2.40. The Morgan fingerprint density at radius 2 is 1.96 bits per heavy atom. The highest BCUT2D eigenvalue weighted by molar-refractivity contribution is 5.98. The molecule has 1 aromatic heterocycles. The average molecular weight is 331 g/mol. The predicted octanol–water partition coefficient (Wildman–Crippen LogP) is 4.07. The Morgan fingerprint density at radius 1 is 1.20 bits per heavy atom. The van der Waals surface area contributed by atoms with Crippen molar-refractivity contribution in [2.24, 2.45) is 0 Å². The van der Waals surface area contributed by atoms with Crippen LogP contribution in [0.4, 0.5) is 5.69 Å². The Balaban J connectivity index is 2.00. The minimum atomic E-state index is -0.209. The molecule has 25 heavy (non-hydrogen) atoms. The first kappa shape index (κ1) is 15.7. The summed E-state index contributed by atoms with van der Waals surface area (Å²) in [5.74, 6) is 0. The van der Waals surface area contributed by atoms with Gasteiger partial charge in [0, 0.05) is 34.4 Å². The van der Waals surface area contributed by atoms with Crippen LogP contribution in [0.15, 0.2) is 36.5 Å². The number of nitrogens with zero attached hydrogens (tertiary/aromatic N) is 2. The molecule has 0 unspecified atom stereocenters. The van der Waals surface area contributed by atoms with E-state index in [1.54, 1.807) is 0 Å². The van der Waals surface area contributed by atoms with E-state index in [1.807, 2.05) is 32.0 Å². The number of anilines is 1. The third-order valence-corrected chi connectivity index (χ3v) is 5.45. The van der Waals surface area contributed by atoms with Gasteiger partial charge in [0.25, 0.3) is 0 Å². The Bertz CT molecular complexity index is 1020. The summed E-state index contributed by atoms with van der Waals surface area (Å²) in [6.07, 6.45) is 3.50. The SMILES string of the molecule is Cc1cc2c(cc1C#N)c(-c1cccc(N)c1C)cn2C1CC(O)C1. The van der Waals surface area contributed by atoms with Crippen LogP contribution in [0, 0.1) is 25.2 Å². The molecule has 1 aliphatic rings. The number of fused-ring (bicyclic) bond motifs is 1. The summed E-state index contributed by atoms with van der Waals surface area (Å²) in [7, 11) is 0. The Hall–Kier alpha value is -2.77. The molecule has 4 nitrogen and oxygen atoms in total. The number of nitrogens with two attached hydrogens (primary N) is 1. The second-order valence-corrected chi connectivity index (χ2v) is 7.04. The number of nitriles is 1. The summed E-state index contributed by atoms with van der Waals surface area (Å²) < 4.78 is 2.26. The first-order valence-electron chi connectivity index (χ1n) is 8.58. The molecule has 0 aliphatic heterocycles. The summed E-state index contributed by atoms with van der Waals surface area (Å²) >= 11 is 0. The molecule has 0 saturated heterocycles. The highest BCUT2D eigenvalue weighted by atomic mass is 16.3. The number of aromatic nitrogens is 1. The van der Waals surface area contributed by atoms with Gasteiger partial charge >= 0.3 is 0 Å². The molecule has 0 amide bonds. The molecule has 0 bridgehead atoms. The molecule has 126 valence electrons. The Morgan fingerprint density at radius 3 is 2.64 bits per heavy atom. The average Bonchev–Trinajstić information content (AvgIpc) is 2.91. The lowest BCUT2D eigenvalue weighted by atomic mass is 9.89. The Kier molecular flexibility index (Phi) is 3.55. The van der Waals surface area contributed by atoms with Crippen molar-refractivity contribution in [3.63, 3.8) is 0 Å². The standard InChI is InChI=1S/C21H21N3O/c1-12-6-21-18(7-14(12)10-22)19(11-24(21)15-8-16(25)9-15)17-4-3-5-20(23)13(17)2/h3-7,11,15-16,25H,8-9,23H2,1-2H3. The van der Waals surface area contributed by atoms with Gasteiger partial charge in [-0.2, -0.15) is 5.26 Å². The first-order valence-corrected chi connectivity index (χ1v) is 8.58. The van der Waals surface area contributed by atoms with E-state index in [0.29, 0.717) is 11.6 Å². The van der Waals surface area contributed by atoms with E-state index in [2.05, 4.69) is 29.0 Å². The van der Waals surface area contributed by atoms with Crippen molar-refractivity contribution in [2.45, 2.75) is 38.8 Å². The molecule has 0 atom stereocenters. The minimum absolute atomic E-state index is 0.209. The second-order valence-electron chi connectivity index (χ2n) is 7.04. The van der Waals surface area contributed by atoms with Gasteiger partial charge in [-0.25, -0.2) is 0 Å². The van der Waals surface area contributed by atoms with E-state index < -0.39 is 0 Å². The third-order valence-electron chi connectivity index (χ3n) is 5.45. The molecule has 2 aromatic carbocycles. The topological polar surface area (TPSA) is 75.0 Å². The molecular formula is C21H21N3O. The van der Waals surface area contributed by atoms with E-state index >= 15 is 0 Å². The molecule has 4 rings (SSSR count). The number of nitrogen functional groups attached to an aromatic ring is 1. The van der Waals surface area contributed by atoms with Gasteiger partial charge in [0.15, 0.2) is 0 Å². The van der Waals surface area contributed by atoms with Gasteiger partial charge < -0.3 is 15.4 Å². The zero-order valence-corrected chi connectivity index (χ0v) is 14.5. The van der Waals surface area contributed by atoms with E-state index in [4.69, 9.17) is 5.73 Å². The van der Waals surface area contributed by atoms with Gasteiger partial charge in [-0.3, -0.25) is 0 Å². The normalized spacial score (nSPS) is 19.6. The van der Waals surface area contributed by atoms with Crippen LogP contribution in [0.2, 0.25) is 0 Å². The molecule has 0 spiro atoms. The van der Waals surface area contributed by atoms with Crippen LogP contribution < -0.4 is 5.73 Å². The minimum Gasteiger partial charge on any atom is -0.398 e. The number of rotatable bonds is 2. The summed E-state index contributed by atoms with van der Waals surface area (Å²) in [5.41, 5.74) is 12.9. The van der Waals surface area contributed by atoms with Gasteiger partial charge in [0.1, 0.15) is 0 Å². The second kappa shape index (κ2) is 5.65. The van der Waals surface area contributed by atoms with Crippen molar-refractivity contribution in [3.05, 3.63) is 53.2 Å². The maximum atomic E-state index is 9.72. The van der Waals surface area contributed by atoms with E-state index in [-0.39, 0.29) is 6.10 Å². The zero-order valence-electron chi connectivity index (χ0n) is 14.5. The van der Waals surface area contributed by atoms with Crippen LogP contribution in [0.25, 0.3) is 22.0 Å². The summed E-state index contributed by atoms with van der Waals surface area (Å²) in [4.78, 5) is 0. The van der Waals surface area contributed by atoms with Crippen molar-refractivity contribution in [3.8, 4) is 17.2 Å². The smallest absolute Gasteiger partial charge is 0.0994 e. The van der Waals surface area contributed by atoms with Crippen molar-refractivity contribution in [1.82, 2.24) is 4.57 Å². The predicted molar refractivity (Wildman–Crippen MR) is 100 cm³/mol. The molecular weight excluding hydrogens is 310 g/mol. The fraction of sp³-hybridized carbons (Fsp3) is 0.286. The van der Waals surface area contributed by atoms with Gasteiger partial charge in [-0.1, -0.05) is 12.1 Å². The molecule has 3 N–H and O–H groups in total. The molecule has 1 fully saturated rings. The van der Waals surface area contributed by atoms with Crippen LogP contribution >= 0.6 is 0 Å². The number of benzene rings is 2. The Labute approximate surface area is 147 Å². The summed E-state index contributed by atoms with van der Waals surface area (Å²) in [6.45, 7) is 4.00. The highest BCUT2D eigenvalue weighted by Crippen LogP contribution is 2.41. The van der Waals surface area contributed by atoms with Gasteiger partial charge in [-0.05, 0) is 61.6 Å². The molecule has 3 aromatic rings. The lowest BCUT2D eigenvalue weighted by molar-refractivity contribution is 0.0504. The fourth-order valence-electron chi connectivity index (χ4n) is 3.77. The van der Waals surface area contributed by atoms with Crippen LogP contribution in [-0.4, -0.2) is 15.8 Å². The zero-order chi connectivity index (χ0) is 17.7. The van der Waals surface area contributed by atoms with Crippen molar-refractivity contribution in [2.75, 3.05) is 5.73 Å². The van der Waals surface area contributed by atoms with Crippen molar-refractivity contribution in [1.29, 1.82) is 5.26 Å². The largest absolute Gasteiger partial charge is 0.398 e. The van der Waals surface area contributed by atoms with E-state index in [1.165, 1.54) is 0 Å². The first-order chi connectivity index (χ1) is 12.0. The number of hydrogen-bond acceptors (Lipinski definition) is 3.